The molecule has 0 spiro atoms. The molecule has 1 aliphatic rings. The number of carbonyl (C=O) groups is 1. The van der Waals surface area contributed by atoms with E-state index >= 15 is 0 Å². The highest BCUT2D eigenvalue weighted by Gasteiger charge is 2.35. The van der Waals surface area contributed by atoms with Crippen molar-refractivity contribution in [2.75, 3.05) is 6.61 Å². The fourth-order valence-electron chi connectivity index (χ4n) is 3.05. The van der Waals surface area contributed by atoms with Gasteiger partial charge in [-0.2, -0.15) is 0 Å². The zero-order chi connectivity index (χ0) is 15.3. The monoisotopic (exact) mass is 290 g/mol. The minimum atomic E-state index is -1.25. The van der Waals surface area contributed by atoms with E-state index in [2.05, 4.69) is 6.92 Å². The minimum Gasteiger partial charge on any atom is -0.375 e. The molecule has 21 heavy (non-hydrogen) atoms. The van der Waals surface area contributed by atoms with Gasteiger partial charge in [-0.1, -0.05) is 56.5 Å². The van der Waals surface area contributed by atoms with Crippen molar-refractivity contribution in [3.8, 4) is 0 Å². The third-order valence-corrected chi connectivity index (χ3v) is 4.59. The molecule has 1 aliphatic carbocycles. The van der Waals surface area contributed by atoms with Crippen LogP contribution < -0.4 is 11.5 Å². The Labute approximate surface area is 126 Å². The molecule has 0 bridgehead atoms. The number of primary amides is 1. The van der Waals surface area contributed by atoms with Gasteiger partial charge in [-0.25, -0.2) is 0 Å². The molecule has 4 N–H and O–H groups in total. The van der Waals surface area contributed by atoms with Crippen molar-refractivity contribution in [3.63, 3.8) is 0 Å². The summed E-state index contributed by atoms with van der Waals surface area (Å²) in [6.45, 7) is 2.36. The largest absolute Gasteiger partial charge is 0.375 e. The van der Waals surface area contributed by atoms with Gasteiger partial charge in [0.05, 0.1) is 12.7 Å². The third kappa shape index (κ3) is 3.83. The quantitative estimate of drug-likeness (QED) is 0.844. The van der Waals surface area contributed by atoms with Gasteiger partial charge in [0.2, 0.25) is 5.91 Å². The molecule has 3 unspecified atom stereocenters. The van der Waals surface area contributed by atoms with Gasteiger partial charge in [0.15, 0.2) is 0 Å². The molecule has 0 heterocycles. The van der Waals surface area contributed by atoms with Gasteiger partial charge in [-0.15, -0.1) is 0 Å². The predicted octanol–water partition coefficient (Wildman–Crippen LogP) is 2.31. The second-order valence-corrected chi connectivity index (χ2v) is 6.08. The second-order valence-electron chi connectivity index (χ2n) is 6.08. The first-order valence-corrected chi connectivity index (χ1v) is 7.82. The summed E-state index contributed by atoms with van der Waals surface area (Å²) in [7, 11) is 0. The van der Waals surface area contributed by atoms with Gasteiger partial charge in [0.25, 0.3) is 0 Å². The van der Waals surface area contributed by atoms with Crippen LogP contribution in [0.5, 0.6) is 0 Å². The lowest BCUT2D eigenvalue weighted by Gasteiger charge is -2.32. The van der Waals surface area contributed by atoms with Crippen molar-refractivity contribution in [3.05, 3.63) is 35.9 Å². The lowest BCUT2D eigenvalue weighted by Crippen LogP contribution is -2.53. The second kappa shape index (κ2) is 7.05. The zero-order valence-corrected chi connectivity index (χ0v) is 12.8. The molecule has 3 atom stereocenters. The van der Waals surface area contributed by atoms with E-state index in [1.54, 1.807) is 0 Å². The summed E-state index contributed by atoms with van der Waals surface area (Å²) in [5.74, 6) is 0.178. The van der Waals surface area contributed by atoms with Crippen LogP contribution in [0.3, 0.4) is 0 Å². The average Bonchev–Trinajstić information content (AvgIpc) is 2.53. The summed E-state index contributed by atoms with van der Waals surface area (Å²) < 4.78 is 5.97. The molecule has 1 amide bonds. The first-order chi connectivity index (χ1) is 10.1. The Kier molecular flexibility index (Phi) is 5.37. The molecule has 116 valence electrons. The smallest absolute Gasteiger partial charge is 0.244 e. The standard InChI is InChI=1S/C17H26N2O2/c1-2-13-7-6-10-15(11-13)21-12-17(19,16(18)20)14-8-4-3-5-9-14/h3-5,8-9,13,15H,2,6-7,10-12,19H2,1H3,(H2,18,20). The molecule has 1 saturated carbocycles. The van der Waals surface area contributed by atoms with Gasteiger partial charge in [-0.3, -0.25) is 4.79 Å². The number of carbonyl (C=O) groups excluding carboxylic acids is 1. The Hall–Kier alpha value is -1.39. The SMILES string of the molecule is CCC1CCCC(OCC(N)(C(N)=O)c2ccccc2)C1. The Bertz CT molecular complexity index is 463. The van der Waals surface area contributed by atoms with Crippen LogP contribution >= 0.6 is 0 Å². The van der Waals surface area contributed by atoms with Gasteiger partial charge in [0, 0.05) is 0 Å². The van der Waals surface area contributed by atoms with Gasteiger partial charge in [-0.05, 0) is 24.3 Å². The molecule has 0 radical (unpaired) electrons. The number of ether oxygens (including phenoxy) is 1. The fourth-order valence-corrected chi connectivity index (χ4v) is 3.05. The number of hydrogen-bond donors (Lipinski definition) is 2. The number of rotatable bonds is 6. The summed E-state index contributed by atoms with van der Waals surface area (Å²) >= 11 is 0. The molecular formula is C17H26N2O2. The predicted molar refractivity (Wildman–Crippen MR) is 83.5 cm³/mol. The van der Waals surface area contributed by atoms with Crippen molar-refractivity contribution < 1.29 is 9.53 Å². The molecule has 1 aromatic rings. The Balaban J connectivity index is 2.02. The van der Waals surface area contributed by atoms with E-state index in [-0.39, 0.29) is 12.7 Å². The highest BCUT2D eigenvalue weighted by Crippen LogP contribution is 2.29. The summed E-state index contributed by atoms with van der Waals surface area (Å²) in [5, 5.41) is 0. The number of nitrogens with two attached hydrogens (primary N) is 2. The van der Waals surface area contributed by atoms with Crippen LogP contribution in [0.1, 0.15) is 44.6 Å². The van der Waals surface area contributed by atoms with Gasteiger partial charge in [0.1, 0.15) is 5.54 Å². The number of benzene rings is 1. The first-order valence-electron chi connectivity index (χ1n) is 7.82. The van der Waals surface area contributed by atoms with Crippen LogP contribution in [0.4, 0.5) is 0 Å². The fraction of sp³-hybridized carbons (Fsp3) is 0.588. The lowest BCUT2D eigenvalue weighted by atomic mass is 9.85. The van der Waals surface area contributed by atoms with E-state index in [1.807, 2.05) is 30.3 Å². The van der Waals surface area contributed by atoms with E-state index in [4.69, 9.17) is 16.2 Å². The van der Waals surface area contributed by atoms with Crippen LogP contribution in [-0.4, -0.2) is 18.6 Å². The summed E-state index contributed by atoms with van der Waals surface area (Å²) in [4.78, 5) is 11.8. The van der Waals surface area contributed by atoms with Crippen molar-refractivity contribution >= 4 is 5.91 Å². The molecule has 1 aromatic carbocycles. The first kappa shape index (κ1) is 16.0. The normalized spacial score (nSPS) is 25.2. The molecule has 0 aliphatic heterocycles. The maximum absolute atomic E-state index is 11.8. The molecular weight excluding hydrogens is 264 g/mol. The molecule has 4 heteroatoms. The highest BCUT2D eigenvalue weighted by molar-refractivity contribution is 5.86. The topological polar surface area (TPSA) is 78.3 Å². The zero-order valence-electron chi connectivity index (χ0n) is 12.8. The highest BCUT2D eigenvalue weighted by atomic mass is 16.5. The minimum absolute atomic E-state index is 0.146. The van der Waals surface area contributed by atoms with Crippen molar-refractivity contribution in [1.29, 1.82) is 0 Å². The maximum Gasteiger partial charge on any atom is 0.244 e. The molecule has 0 aromatic heterocycles. The van der Waals surface area contributed by atoms with Gasteiger partial charge >= 0.3 is 0 Å². The van der Waals surface area contributed by atoms with Crippen LogP contribution in [0, 0.1) is 5.92 Å². The van der Waals surface area contributed by atoms with Crippen molar-refractivity contribution in [1.82, 2.24) is 0 Å². The van der Waals surface area contributed by atoms with Crippen LogP contribution in [0.2, 0.25) is 0 Å². The summed E-state index contributed by atoms with van der Waals surface area (Å²) in [5.41, 5.74) is 11.2. The summed E-state index contributed by atoms with van der Waals surface area (Å²) in [6, 6.07) is 9.24. The number of amides is 1. The van der Waals surface area contributed by atoms with Crippen molar-refractivity contribution in [2.24, 2.45) is 17.4 Å². The van der Waals surface area contributed by atoms with Crippen LogP contribution in [-0.2, 0) is 15.1 Å². The molecule has 4 nitrogen and oxygen atoms in total. The molecule has 0 saturated heterocycles. The molecule has 2 rings (SSSR count). The Morgan fingerprint density at radius 3 is 2.67 bits per heavy atom. The third-order valence-electron chi connectivity index (χ3n) is 4.59. The Morgan fingerprint density at radius 1 is 1.33 bits per heavy atom. The lowest BCUT2D eigenvalue weighted by molar-refractivity contribution is -0.127. The maximum atomic E-state index is 11.8. The van der Waals surface area contributed by atoms with E-state index in [0.717, 1.165) is 18.8 Å². The van der Waals surface area contributed by atoms with Crippen molar-refractivity contribution in [2.45, 2.75) is 50.7 Å². The summed E-state index contributed by atoms with van der Waals surface area (Å²) in [6.07, 6.45) is 5.93. The average molecular weight is 290 g/mol. The van der Waals surface area contributed by atoms with E-state index in [0.29, 0.717) is 5.56 Å². The van der Waals surface area contributed by atoms with E-state index in [9.17, 15) is 4.79 Å². The van der Waals surface area contributed by atoms with Crippen LogP contribution in [0.25, 0.3) is 0 Å². The Morgan fingerprint density at radius 2 is 2.05 bits per heavy atom. The van der Waals surface area contributed by atoms with E-state index < -0.39 is 11.4 Å². The van der Waals surface area contributed by atoms with E-state index in [1.165, 1.54) is 19.3 Å². The van der Waals surface area contributed by atoms with Gasteiger partial charge < -0.3 is 16.2 Å². The van der Waals surface area contributed by atoms with Crippen LogP contribution in [0.15, 0.2) is 30.3 Å². The molecule has 1 fully saturated rings. The number of hydrogen-bond acceptors (Lipinski definition) is 3.